The molecule has 1 heterocycles. The lowest BCUT2D eigenvalue weighted by molar-refractivity contribution is 0.847. The van der Waals surface area contributed by atoms with E-state index in [1.807, 2.05) is 52.8 Å². The minimum atomic E-state index is 0.227. The summed E-state index contributed by atoms with van der Waals surface area (Å²) in [5.74, 6) is 1.53. The molecule has 0 bridgehead atoms. The molecule has 1 aromatic carbocycles. The van der Waals surface area contributed by atoms with Crippen LogP contribution >= 0.6 is 11.6 Å². The van der Waals surface area contributed by atoms with E-state index in [2.05, 4.69) is 30.9 Å². The lowest BCUT2D eigenvalue weighted by atomic mass is 10.2. The maximum atomic E-state index is 6.16. The number of aromatic nitrogens is 3. The van der Waals surface area contributed by atoms with Gasteiger partial charge in [0.15, 0.2) is 0 Å². The molecule has 0 saturated heterocycles. The molecule has 2 rings (SSSR count). The van der Waals surface area contributed by atoms with Crippen molar-refractivity contribution in [1.82, 2.24) is 15.0 Å². The topological polar surface area (TPSA) is 74.8 Å². The Bertz CT molecular complexity index is 643. The molecule has 124 valence electrons. The van der Waals surface area contributed by atoms with E-state index in [1.165, 1.54) is 0 Å². The van der Waals surface area contributed by atoms with Crippen LogP contribution in [0.2, 0.25) is 5.02 Å². The van der Waals surface area contributed by atoms with Crippen molar-refractivity contribution in [3.63, 3.8) is 0 Å². The van der Waals surface area contributed by atoms with Gasteiger partial charge < -0.3 is 16.0 Å². The van der Waals surface area contributed by atoms with Crippen LogP contribution in [-0.2, 0) is 0 Å². The second kappa shape index (κ2) is 7.46. The standard InChI is InChI=1S/C16H23ClN6/c1-9(2)18-14-21-15(19-10(3)4)23-16(22-14)20-13-8-6-7-12(17)11(13)5/h6-10H,1-5H3,(H3,18,19,20,21,22,23). The lowest BCUT2D eigenvalue weighted by Gasteiger charge is -2.15. The predicted octanol–water partition coefficient (Wildman–Crippen LogP) is 4.22. The Labute approximate surface area is 142 Å². The third-order valence-corrected chi connectivity index (χ3v) is 3.39. The number of benzene rings is 1. The SMILES string of the molecule is Cc1c(Cl)cccc1Nc1nc(NC(C)C)nc(NC(C)C)n1. The van der Waals surface area contributed by atoms with E-state index in [0.29, 0.717) is 22.9 Å². The molecular weight excluding hydrogens is 312 g/mol. The molecule has 1 aromatic heterocycles. The van der Waals surface area contributed by atoms with E-state index in [-0.39, 0.29) is 12.1 Å². The van der Waals surface area contributed by atoms with E-state index in [1.54, 1.807) is 0 Å². The molecule has 0 aliphatic rings. The van der Waals surface area contributed by atoms with Gasteiger partial charge >= 0.3 is 0 Å². The van der Waals surface area contributed by atoms with Gasteiger partial charge in [-0.2, -0.15) is 15.0 Å². The Hall–Kier alpha value is -2.08. The molecule has 0 spiro atoms. The maximum Gasteiger partial charge on any atom is 0.233 e. The second-order valence-electron chi connectivity index (χ2n) is 5.94. The van der Waals surface area contributed by atoms with Crippen molar-refractivity contribution < 1.29 is 0 Å². The van der Waals surface area contributed by atoms with Crippen LogP contribution in [0.25, 0.3) is 0 Å². The predicted molar refractivity (Wildman–Crippen MR) is 96.8 cm³/mol. The molecule has 0 fully saturated rings. The summed E-state index contributed by atoms with van der Waals surface area (Å²) in [6, 6.07) is 6.14. The smallest absolute Gasteiger partial charge is 0.233 e. The molecule has 0 atom stereocenters. The van der Waals surface area contributed by atoms with Crippen molar-refractivity contribution in [3.8, 4) is 0 Å². The Morgan fingerprint density at radius 3 is 1.91 bits per heavy atom. The minimum absolute atomic E-state index is 0.227. The highest BCUT2D eigenvalue weighted by molar-refractivity contribution is 6.31. The number of hydrogen-bond acceptors (Lipinski definition) is 6. The van der Waals surface area contributed by atoms with E-state index in [0.717, 1.165) is 11.3 Å². The van der Waals surface area contributed by atoms with Crippen LogP contribution in [0.3, 0.4) is 0 Å². The molecule has 0 saturated carbocycles. The van der Waals surface area contributed by atoms with E-state index >= 15 is 0 Å². The van der Waals surface area contributed by atoms with E-state index in [9.17, 15) is 0 Å². The molecule has 7 heteroatoms. The number of anilines is 4. The molecule has 0 radical (unpaired) electrons. The summed E-state index contributed by atoms with van der Waals surface area (Å²) in [5.41, 5.74) is 1.82. The summed E-state index contributed by atoms with van der Waals surface area (Å²) in [5, 5.41) is 10.3. The Balaban J connectivity index is 2.34. The first-order valence-corrected chi connectivity index (χ1v) is 8.04. The average Bonchev–Trinajstić information content (AvgIpc) is 2.42. The molecule has 0 unspecified atom stereocenters. The van der Waals surface area contributed by atoms with Crippen LogP contribution in [0.4, 0.5) is 23.5 Å². The first kappa shape index (κ1) is 17.3. The Kier molecular flexibility index (Phi) is 5.60. The summed E-state index contributed by atoms with van der Waals surface area (Å²) in [6.07, 6.45) is 0. The number of nitrogens with one attached hydrogen (secondary N) is 3. The normalized spacial score (nSPS) is 11.0. The third kappa shape index (κ3) is 4.96. The largest absolute Gasteiger partial charge is 0.352 e. The van der Waals surface area contributed by atoms with Gasteiger partial charge in [-0.05, 0) is 52.3 Å². The summed E-state index contributed by atoms with van der Waals surface area (Å²) >= 11 is 6.16. The van der Waals surface area contributed by atoms with Gasteiger partial charge in [0, 0.05) is 22.8 Å². The fraction of sp³-hybridized carbons (Fsp3) is 0.438. The first-order valence-electron chi connectivity index (χ1n) is 7.66. The minimum Gasteiger partial charge on any atom is -0.352 e. The molecule has 0 amide bonds. The van der Waals surface area contributed by atoms with Crippen molar-refractivity contribution in [3.05, 3.63) is 28.8 Å². The van der Waals surface area contributed by atoms with Crippen molar-refractivity contribution in [1.29, 1.82) is 0 Å². The average molecular weight is 335 g/mol. The van der Waals surface area contributed by atoms with Gasteiger partial charge in [0.05, 0.1) is 0 Å². The van der Waals surface area contributed by atoms with Crippen molar-refractivity contribution >= 4 is 35.1 Å². The summed E-state index contributed by atoms with van der Waals surface area (Å²) in [6.45, 7) is 10.1. The number of rotatable bonds is 6. The van der Waals surface area contributed by atoms with Gasteiger partial charge in [0.1, 0.15) is 0 Å². The first-order chi connectivity index (χ1) is 10.8. The van der Waals surface area contributed by atoms with Crippen molar-refractivity contribution in [2.75, 3.05) is 16.0 Å². The fourth-order valence-corrected chi connectivity index (χ4v) is 2.12. The third-order valence-electron chi connectivity index (χ3n) is 2.99. The summed E-state index contributed by atoms with van der Waals surface area (Å²) in [4.78, 5) is 13.2. The number of hydrogen-bond donors (Lipinski definition) is 3. The van der Waals surface area contributed by atoms with Gasteiger partial charge in [0.25, 0.3) is 0 Å². The molecular formula is C16H23ClN6. The van der Waals surface area contributed by atoms with Gasteiger partial charge in [0.2, 0.25) is 17.8 Å². The van der Waals surface area contributed by atoms with Crippen LogP contribution in [0.15, 0.2) is 18.2 Å². The fourth-order valence-electron chi connectivity index (χ4n) is 1.94. The lowest BCUT2D eigenvalue weighted by Crippen LogP contribution is -2.18. The molecule has 2 aromatic rings. The Morgan fingerprint density at radius 2 is 1.39 bits per heavy atom. The Morgan fingerprint density at radius 1 is 0.870 bits per heavy atom. The molecule has 23 heavy (non-hydrogen) atoms. The van der Waals surface area contributed by atoms with Crippen LogP contribution in [0.5, 0.6) is 0 Å². The van der Waals surface area contributed by atoms with Crippen LogP contribution < -0.4 is 16.0 Å². The van der Waals surface area contributed by atoms with Crippen LogP contribution in [-0.4, -0.2) is 27.0 Å². The zero-order chi connectivity index (χ0) is 17.0. The molecule has 0 aliphatic heterocycles. The van der Waals surface area contributed by atoms with E-state index < -0.39 is 0 Å². The highest BCUT2D eigenvalue weighted by Crippen LogP contribution is 2.25. The monoisotopic (exact) mass is 334 g/mol. The highest BCUT2D eigenvalue weighted by atomic mass is 35.5. The molecule has 3 N–H and O–H groups in total. The summed E-state index contributed by atoms with van der Waals surface area (Å²) in [7, 11) is 0. The molecule has 6 nitrogen and oxygen atoms in total. The van der Waals surface area contributed by atoms with Crippen LogP contribution in [0.1, 0.15) is 33.3 Å². The van der Waals surface area contributed by atoms with Gasteiger partial charge in [-0.25, -0.2) is 0 Å². The van der Waals surface area contributed by atoms with E-state index in [4.69, 9.17) is 11.6 Å². The molecule has 0 aliphatic carbocycles. The summed E-state index contributed by atoms with van der Waals surface area (Å²) < 4.78 is 0. The number of nitrogens with zero attached hydrogens (tertiary/aromatic N) is 3. The zero-order valence-electron chi connectivity index (χ0n) is 14.1. The van der Waals surface area contributed by atoms with Gasteiger partial charge in [-0.1, -0.05) is 17.7 Å². The van der Waals surface area contributed by atoms with Gasteiger partial charge in [-0.15, -0.1) is 0 Å². The van der Waals surface area contributed by atoms with Crippen molar-refractivity contribution in [2.45, 2.75) is 46.7 Å². The zero-order valence-corrected chi connectivity index (χ0v) is 14.9. The number of halogens is 1. The second-order valence-corrected chi connectivity index (χ2v) is 6.35. The quantitative estimate of drug-likeness (QED) is 0.734. The van der Waals surface area contributed by atoms with Crippen LogP contribution in [0, 0.1) is 6.92 Å². The maximum absolute atomic E-state index is 6.16. The highest BCUT2D eigenvalue weighted by Gasteiger charge is 2.10. The van der Waals surface area contributed by atoms with Crippen molar-refractivity contribution in [2.24, 2.45) is 0 Å². The van der Waals surface area contributed by atoms with Gasteiger partial charge in [-0.3, -0.25) is 0 Å².